The number of hydrogen-bond acceptors (Lipinski definition) is 3. The Labute approximate surface area is 113 Å². The second-order valence-electron chi connectivity index (χ2n) is 4.89. The zero-order chi connectivity index (χ0) is 13.4. The van der Waals surface area contributed by atoms with Gasteiger partial charge in [0.15, 0.2) is 0 Å². The van der Waals surface area contributed by atoms with Gasteiger partial charge in [0.25, 0.3) is 0 Å². The number of nitrogens with one attached hydrogen (secondary N) is 1. The van der Waals surface area contributed by atoms with Gasteiger partial charge in [0.1, 0.15) is 0 Å². The Morgan fingerprint density at radius 3 is 2.67 bits per heavy atom. The molecule has 0 amide bonds. The maximum Gasteiger partial charge on any atom is 0.0495 e. The normalized spacial score (nSPS) is 22.2. The summed E-state index contributed by atoms with van der Waals surface area (Å²) in [5.41, 5.74) is 5.01. The summed E-state index contributed by atoms with van der Waals surface area (Å²) >= 11 is 0. The van der Waals surface area contributed by atoms with E-state index < -0.39 is 0 Å². The lowest BCUT2D eigenvalue weighted by atomic mass is 9.99. The minimum atomic E-state index is 0.641. The molecule has 0 aromatic heterocycles. The van der Waals surface area contributed by atoms with Crippen LogP contribution in [0.15, 0.2) is 11.8 Å². The molecular weight excluding hydrogens is 224 g/mol. The fourth-order valence-corrected chi connectivity index (χ4v) is 2.74. The Morgan fingerprint density at radius 1 is 1.39 bits per heavy atom. The molecule has 0 aliphatic carbocycles. The lowest BCUT2D eigenvalue weighted by Gasteiger charge is -2.36. The summed E-state index contributed by atoms with van der Waals surface area (Å²) < 4.78 is 5.43. The van der Waals surface area contributed by atoms with Gasteiger partial charge in [0.2, 0.25) is 0 Å². The number of nitrogens with zero attached hydrogens (tertiary/aromatic N) is 1. The molecule has 3 heteroatoms. The second-order valence-corrected chi connectivity index (χ2v) is 4.89. The van der Waals surface area contributed by atoms with Gasteiger partial charge in [0, 0.05) is 31.5 Å². The van der Waals surface area contributed by atoms with Gasteiger partial charge in [-0.1, -0.05) is 34.1 Å². The molecule has 1 unspecified atom stereocenters. The lowest BCUT2D eigenvalue weighted by molar-refractivity contribution is 0.0305. The standard InChI is InChI=1S/C13H24N2O.C2H6/c1-3-4-11(2)13-5-8-14-15(13)12-6-9-16-10-7-12;1-2/h5,11-12,14H,3-4,6-10H2,1-2H3;1-2H3. The molecule has 1 saturated heterocycles. The highest BCUT2D eigenvalue weighted by Gasteiger charge is 2.27. The maximum absolute atomic E-state index is 5.43. The summed E-state index contributed by atoms with van der Waals surface area (Å²) in [6, 6.07) is 0.641. The Hall–Kier alpha value is -0.540. The first-order valence-electron chi connectivity index (χ1n) is 7.63. The van der Waals surface area contributed by atoms with E-state index in [0.29, 0.717) is 12.0 Å². The van der Waals surface area contributed by atoms with E-state index in [0.717, 1.165) is 32.6 Å². The predicted octanol–water partition coefficient (Wildman–Crippen LogP) is 3.33. The number of allylic oxidation sites excluding steroid dienone is 1. The molecule has 0 aromatic rings. The molecule has 1 N–H and O–H groups in total. The van der Waals surface area contributed by atoms with Crippen molar-refractivity contribution in [2.75, 3.05) is 19.8 Å². The van der Waals surface area contributed by atoms with E-state index in [1.165, 1.54) is 18.5 Å². The van der Waals surface area contributed by atoms with Crippen molar-refractivity contribution in [1.29, 1.82) is 0 Å². The van der Waals surface area contributed by atoms with Crippen LogP contribution in [-0.4, -0.2) is 30.8 Å². The average Bonchev–Trinajstić information content (AvgIpc) is 2.92. The minimum absolute atomic E-state index is 0.641. The van der Waals surface area contributed by atoms with Crippen LogP contribution in [-0.2, 0) is 4.74 Å². The Morgan fingerprint density at radius 2 is 2.06 bits per heavy atom. The highest BCUT2D eigenvalue weighted by atomic mass is 16.5. The predicted molar refractivity (Wildman–Crippen MR) is 77.2 cm³/mol. The van der Waals surface area contributed by atoms with Crippen LogP contribution in [0, 0.1) is 5.92 Å². The van der Waals surface area contributed by atoms with Gasteiger partial charge < -0.3 is 9.75 Å². The van der Waals surface area contributed by atoms with Crippen molar-refractivity contribution in [2.24, 2.45) is 5.92 Å². The fourth-order valence-electron chi connectivity index (χ4n) is 2.74. The van der Waals surface area contributed by atoms with Crippen molar-refractivity contribution in [2.45, 2.75) is 59.4 Å². The van der Waals surface area contributed by atoms with Crippen molar-refractivity contribution in [3.8, 4) is 0 Å². The van der Waals surface area contributed by atoms with Crippen LogP contribution >= 0.6 is 0 Å². The SMILES string of the molecule is CC.CCCC(C)C1=CCNN1C1CCOCC1. The number of hydrogen-bond donors (Lipinski definition) is 1. The molecule has 0 bridgehead atoms. The van der Waals surface area contributed by atoms with Crippen LogP contribution in [0.2, 0.25) is 0 Å². The topological polar surface area (TPSA) is 24.5 Å². The second kappa shape index (κ2) is 8.54. The van der Waals surface area contributed by atoms with E-state index in [-0.39, 0.29) is 0 Å². The Kier molecular flexibility index (Phi) is 7.36. The van der Waals surface area contributed by atoms with Crippen LogP contribution in [0.25, 0.3) is 0 Å². The zero-order valence-corrected chi connectivity index (χ0v) is 12.5. The molecule has 2 rings (SSSR count). The molecule has 0 aromatic carbocycles. The average molecular weight is 254 g/mol. The largest absolute Gasteiger partial charge is 0.381 e. The molecule has 2 aliphatic heterocycles. The molecule has 106 valence electrons. The Balaban J connectivity index is 0.000000771. The molecule has 2 aliphatic rings. The maximum atomic E-state index is 5.43. The van der Waals surface area contributed by atoms with Gasteiger partial charge in [-0.25, -0.2) is 5.43 Å². The van der Waals surface area contributed by atoms with E-state index in [2.05, 4.69) is 30.4 Å². The van der Waals surface area contributed by atoms with Gasteiger partial charge >= 0.3 is 0 Å². The van der Waals surface area contributed by atoms with E-state index in [4.69, 9.17) is 4.74 Å². The van der Waals surface area contributed by atoms with E-state index in [1.54, 1.807) is 0 Å². The third kappa shape index (κ3) is 3.99. The van der Waals surface area contributed by atoms with Gasteiger partial charge in [-0.2, -0.15) is 0 Å². The molecule has 3 nitrogen and oxygen atoms in total. The van der Waals surface area contributed by atoms with Crippen LogP contribution < -0.4 is 5.43 Å². The first-order valence-corrected chi connectivity index (χ1v) is 7.63. The van der Waals surface area contributed by atoms with E-state index in [9.17, 15) is 0 Å². The molecule has 0 radical (unpaired) electrons. The van der Waals surface area contributed by atoms with Crippen molar-refractivity contribution >= 4 is 0 Å². The zero-order valence-electron chi connectivity index (χ0n) is 12.5. The molecule has 1 atom stereocenters. The lowest BCUT2D eigenvalue weighted by Crippen LogP contribution is -2.45. The summed E-state index contributed by atoms with van der Waals surface area (Å²) in [4.78, 5) is 0. The first-order chi connectivity index (χ1) is 8.83. The quantitative estimate of drug-likeness (QED) is 0.833. The van der Waals surface area contributed by atoms with E-state index in [1.807, 2.05) is 13.8 Å². The molecule has 1 fully saturated rings. The summed E-state index contributed by atoms with van der Waals surface area (Å²) in [6.07, 6.45) is 7.22. The van der Waals surface area contributed by atoms with Crippen molar-refractivity contribution in [1.82, 2.24) is 10.4 Å². The number of hydrazine groups is 1. The van der Waals surface area contributed by atoms with Crippen LogP contribution in [0.3, 0.4) is 0 Å². The van der Waals surface area contributed by atoms with Gasteiger partial charge in [-0.15, -0.1) is 0 Å². The van der Waals surface area contributed by atoms with Crippen molar-refractivity contribution in [3.05, 3.63) is 11.8 Å². The third-order valence-corrected chi connectivity index (χ3v) is 3.63. The smallest absolute Gasteiger partial charge is 0.0495 e. The van der Waals surface area contributed by atoms with Crippen LogP contribution in [0.1, 0.15) is 53.4 Å². The van der Waals surface area contributed by atoms with Crippen LogP contribution in [0.4, 0.5) is 0 Å². The van der Waals surface area contributed by atoms with Gasteiger partial charge in [-0.05, 0) is 31.3 Å². The summed E-state index contributed by atoms with van der Waals surface area (Å²) in [7, 11) is 0. The van der Waals surface area contributed by atoms with Crippen molar-refractivity contribution in [3.63, 3.8) is 0 Å². The third-order valence-electron chi connectivity index (χ3n) is 3.63. The molecule has 0 saturated carbocycles. The highest BCUT2D eigenvalue weighted by molar-refractivity contribution is 5.11. The van der Waals surface area contributed by atoms with Gasteiger partial charge in [0.05, 0.1) is 0 Å². The monoisotopic (exact) mass is 254 g/mol. The first kappa shape index (κ1) is 15.5. The van der Waals surface area contributed by atoms with Gasteiger partial charge in [-0.3, -0.25) is 0 Å². The molecule has 2 heterocycles. The van der Waals surface area contributed by atoms with E-state index >= 15 is 0 Å². The summed E-state index contributed by atoms with van der Waals surface area (Å²) in [5, 5.41) is 2.42. The van der Waals surface area contributed by atoms with Crippen molar-refractivity contribution < 1.29 is 4.74 Å². The molecule has 0 spiro atoms. The Bertz CT molecular complexity index is 247. The molecular formula is C15H30N2O. The fraction of sp³-hybridized carbons (Fsp3) is 0.867. The highest BCUT2D eigenvalue weighted by Crippen LogP contribution is 2.27. The number of rotatable bonds is 4. The number of ether oxygens (including phenoxy) is 1. The molecule has 18 heavy (non-hydrogen) atoms. The minimum Gasteiger partial charge on any atom is -0.381 e. The van der Waals surface area contributed by atoms with Crippen LogP contribution in [0.5, 0.6) is 0 Å². The summed E-state index contributed by atoms with van der Waals surface area (Å²) in [6.45, 7) is 11.4. The summed E-state index contributed by atoms with van der Waals surface area (Å²) in [5.74, 6) is 0.683.